The quantitative estimate of drug-likeness (QED) is 0.648. The average Bonchev–Trinajstić information content (AvgIpc) is 2.42. The number of aliphatic hydroxyl groups excluding tert-OH is 2. The Bertz CT molecular complexity index is 406. The Morgan fingerprint density at radius 1 is 1.37 bits per heavy atom. The third-order valence-corrected chi connectivity index (χ3v) is 2.43. The fraction of sp³-hybridized carbons (Fsp3) is 0.500. The Morgan fingerprint density at radius 2 is 2.05 bits per heavy atom. The minimum atomic E-state index is -0.861. The van der Waals surface area contributed by atoms with Crippen LogP contribution in [0.3, 0.4) is 0 Å². The van der Waals surface area contributed by atoms with Crippen LogP contribution in [0.25, 0.3) is 0 Å². The number of rotatable bonds is 7. The van der Waals surface area contributed by atoms with Crippen LogP contribution in [0.4, 0.5) is 5.69 Å². The third-order valence-electron chi connectivity index (χ3n) is 2.43. The van der Waals surface area contributed by atoms with Crippen molar-refractivity contribution in [2.75, 3.05) is 25.1 Å². The van der Waals surface area contributed by atoms with Crippen LogP contribution < -0.4 is 5.32 Å². The summed E-state index contributed by atoms with van der Waals surface area (Å²) in [5, 5.41) is 21.0. The zero-order valence-corrected chi connectivity index (χ0v) is 11.3. The molecule has 5 heteroatoms. The van der Waals surface area contributed by atoms with Crippen molar-refractivity contribution in [1.29, 1.82) is 0 Å². The number of hydrogen-bond acceptors (Lipinski definition) is 5. The molecule has 3 N–H and O–H groups in total. The number of hydrogen-bond donors (Lipinski definition) is 3. The molecule has 0 aromatic heterocycles. The highest BCUT2D eigenvalue weighted by atomic mass is 16.5. The number of para-hydroxylation sites is 1. The van der Waals surface area contributed by atoms with Crippen molar-refractivity contribution in [2.24, 2.45) is 5.92 Å². The van der Waals surface area contributed by atoms with E-state index < -0.39 is 12.1 Å². The van der Waals surface area contributed by atoms with Crippen LogP contribution in [0, 0.1) is 5.92 Å². The van der Waals surface area contributed by atoms with Gasteiger partial charge in [0, 0.05) is 12.2 Å². The van der Waals surface area contributed by atoms with Gasteiger partial charge in [-0.1, -0.05) is 26.0 Å². The summed E-state index contributed by atoms with van der Waals surface area (Å²) in [6.07, 6.45) is -0.861. The van der Waals surface area contributed by atoms with Crippen molar-refractivity contribution in [2.45, 2.75) is 20.0 Å². The molecule has 0 saturated carbocycles. The van der Waals surface area contributed by atoms with Gasteiger partial charge in [-0.15, -0.1) is 0 Å². The molecule has 0 saturated heterocycles. The molecule has 1 aromatic rings. The Hall–Kier alpha value is -1.59. The molecule has 0 fully saturated rings. The highest BCUT2D eigenvalue weighted by molar-refractivity contribution is 5.95. The minimum absolute atomic E-state index is 0.172. The molecule has 0 spiro atoms. The lowest BCUT2D eigenvalue weighted by Crippen LogP contribution is -2.24. The number of aliphatic hydroxyl groups is 2. The van der Waals surface area contributed by atoms with Gasteiger partial charge in [0.05, 0.1) is 24.9 Å². The zero-order chi connectivity index (χ0) is 14.3. The molecule has 0 heterocycles. The first kappa shape index (κ1) is 15.5. The summed E-state index contributed by atoms with van der Waals surface area (Å²) in [7, 11) is 0. The Labute approximate surface area is 113 Å². The molecule has 1 aromatic carbocycles. The number of carbonyl (C=O) groups excluding carboxylic acids is 1. The van der Waals surface area contributed by atoms with E-state index in [2.05, 4.69) is 5.32 Å². The summed E-state index contributed by atoms with van der Waals surface area (Å²) in [5.41, 5.74) is 1.01. The van der Waals surface area contributed by atoms with Gasteiger partial charge in [-0.3, -0.25) is 0 Å². The maximum atomic E-state index is 11.9. The molecule has 1 unspecified atom stereocenters. The van der Waals surface area contributed by atoms with Crippen molar-refractivity contribution < 1.29 is 19.7 Å². The lowest BCUT2D eigenvalue weighted by atomic mass is 10.1. The second-order valence-corrected chi connectivity index (χ2v) is 4.76. The Morgan fingerprint density at radius 3 is 2.68 bits per heavy atom. The normalized spacial score (nSPS) is 12.3. The summed E-state index contributed by atoms with van der Waals surface area (Å²) in [4.78, 5) is 11.9. The van der Waals surface area contributed by atoms with Crippen molar-refractivity contribution >= 4 is 11.7 Å². The second-order valence-electron chi connectivity index (χ2n) is 4.76. The molecular weight excluding hydrogens is 246 g/mol. The number of benzene rings is 1. The van der Waals surface area contributed by atoms with Crippen molar-refractivity contribution in [3.63, 3.8) is 0 Å². The minimum Gasteiger partial charge on any atom is -0.462 e. The molecule has 106 valence electrons. The second kappa shape index (κ2) is 7.76. The van der Waals surface area contributed by atoms with Crippen LogP contribution in [0.5, 0.6) is 0 Å². The molecule has 19 heavy (non-hydrogen) atoms. The summed E-state index contributed by atoms with van der Waals surface area (Å²) in [6, 6.07) is 6.93. The number of carbonyl (C=O) groups is 1. The van der Waals surface area contributed by atoms with E-state index in [4.69, 9.17) is 9.84 Å². The third kappa shape index (κ3) is 5.28. The fourth-order valence-electron chi connectivity index (χ4n) is 1.43. The molecule has 0 aliphatic heterocycles. The van der Waals surface area contributed by atoms with Gasteiger partial charge in [0.25, 0.3) is 0 Å². The van der Waals surface area contributed by atoms with E-state index in [-0.39, 0.29) is 19.1 Å². The molecule has 1 atom stereocenters. The Kier molecular flexibility index (Phi) is 6.32. The van der Waals surface area contributed by atoms with Crippen LogP contribution in [0.2, 0.25) is 0 Å². The van der Waals surface area contributed by atoms with E-state index >= 15 is 0 Å². The van der Waals surface area contributed by atoms with Crippen molar-refractivity contribution in [3.8, 4) is 0 Å². The van der Waals surface area contributed by atoms with Gasteiger partial charge < -0.3 is 20.3 Å². The molecule has 0 bridgehead atoms. The highest BCUT2D eigenvalue weighted by Crippen LogP contribution is 2.16. The van der Waals surface area contributed by atoms with Crippen LogP contribution in [-0.4, -0.2) is 42.0 Å². The zero-order valence-electron chi connectivity index (χ0n) is 11.3. The Balaban J connectivity index is 2.69. The van der Waals surface area contributed by atoms with E-state index in [0.29, 0.717) is 17.9 Å². The van der Waals surface area contributed by atoms with Gasteiger partial charge >= 0.3 is 5.97 Å². The molecule has 0 aliphatic rings. The number of anilines is 1. The summed E-state index contributed by atoms with van der Waals surface area (Å²) >= 11 is 0. The summed E-state index contributed by atoms with van der Waals surface area (Å²) in [6.45, 7) is 4.15. The highest BCUT2D eigenvalue weighted by Gasteiger charge is 2.13. The summed E-state index contributed by atoms with van der Waals surface area (Å²) < 4.78 is 5.17. The topological polar surface area (TPSA) is 78.8 Å². The molecule has 0 amide bonds. The van der Waals surface area contributed by atoms with Gasteiger partial charge in [-0.25, -0.2) is 4.79 Å². The van der Waals surface area contributed by atoms with E-state index in [1.807, 2.05) is 13.8 Å². The molecule has 5 nitrogen and oxygen atoms in total. The first-order valence-electron chi connectivity index (χ1n) is 6.33. The molecular formula is C14H21NO4. The average molecular weight is 267 g/mol. The van der Waals surface area contributed by atoms with Crippen LogP contribution in [0.1, 0.15) is 24.2 Å². The van der Waals surface area contributed by atoms with E-state index in [9.17, 15) is 9.90 Å². The SMILES string of the molecule is CC(C)COC(=O)c1ccccc1NCC(O)CO. The lowest BCUT2D eigenvalue weighted by Gasteiger charge is -2.14. The van der Waals surface area contributed by atoms with Gasteiger partial charge in [0.1, 0.15) is 0 Å². The molecule has 0 aliphatic carbocycles. The molecule has 0 radical (unpaired) electrons. The first-order chi connectivity index (χ1) is 9.04. The largest absolute Gasteiger partial charge is 0.462 e. The smallest absolute Gasteiger partial charge is 0.340 e. The van der Waals surface area contributed by atoms with Gasteiger partial charge in [0.2, 0.25) is 0 Å². The predicted molar refractivity (Wildman–Crippen MR) is 73.1 cm³/mol. The monoisotopic (exact) mass is 267 g/mol. The fourth-order valence-corrected chi connectivity index (χ4v) is 1.43. The van der Waals surface area contributed by atoms with Crippen LogP contribution >= 0.6 is 0 Å². The van der Waals surface area contributed by atoms with Crippen molar-refractivity contribution in [3.05, 3.63) is 29.8 Å². The predicted octanol–water partition coefficient (Wildman–Crippen LogP) is 1.26. The maximum absolute atomic E-state index is 11.9. The van der Waals surface area contributed by atoms with Crippen LogP contribution in [-0.2, 0) is 4.74 Å². The van der Waals surface area contributed by atoms with Crippen molar-refractivity contribution in [1.82, 2.24) is 0 Å². The number of ether oxygens (including phenoxy) is 1. The van der Waals surface area contributed by atoms with Gasteiger partial charge in [-0.05, 0) is 18.1 Å². The number of nitrogens with one attached hydrogen (secondary N) is 1. The standard InChI is InChI=1S/C14H21NO4/c1-10(2)9-19-14(18)12-5-3-4-6-13(12)15-7-11(17)8-16/h3-6,10-11,15-17H,7-9H2,1-2H3. The van der Waals surface area contributed by atoms with Gasteiger partial charge in [-0.2, -0.15) is 0 Å². The van der Waals surface area contributed by atoms with E-state index in [0.717, 1.165) is 0 Å². The summed E-state index contributed by atoms with van der Waals surface area (Å²) in [5.74, 6) is -0.115. The van der Waals surface area contributed by atoms with E-state index in [1.165, 1.54) is 0 Å². The number of esters is 1. The van der Waals surface area contributed by atoms with Gasteiger partial charge in [0.15, 0.2) is 0 Å². The molecule has 1 rings (SSSR count). The van der Waals surface area contributed by atoms with Crippen LogP contribution in [0.15, 0.2) is 24.3 Å². The van der Waals surface area contributed by atoms with E-state index in [1.54, 1.807) is 24.3 Å². The first-order valence-corrected chi connectivity index (χ1v) is 6.33. The maximum Gasteiger partial charge on any atom is 0.340 e. The lowest BCUT2D eigenvalue weighted by molar-refractivity contribution is 0.0460.